The summed E-state index contributed by atoms with van der Waals surface area (Å²) in [4.78, 5) is 13.2. The van der Waals surface area contributed by atoms with E-state index in [9.17, 15) is 15.0 Å². The molecule has 0 saturated carbocycles. The van der Waals surface area contributed by atoms with E-state index in [1.54, 1.807) is 6.92 Å². The summed E-state index contributed by atoms with van der Waals surface area (Å²) in [6, 6.07) is 2.76. The molecule has 0 radical (unpaired) electrons. The van der Waals surface area contributed by atoms with E-state index in [-0.39, 0.29) is 23.9 Å². The minimum atomic E-state index is -0.468. The Morgan fingerprint density at radius 1 is 1.26 bits per heavy atom. The van der Waals surface area contributed by atoms with E-state index in [1.165, 1.54) is 12.1 Å². The van der Waals surface area contributed by atoms with E-state index in [0.29, 0.717) is 28.6 Å². The third-order valence-corrected chi connectivity index (χ3v) is 2.76. The van der Waals surface area contributed by atoms with Crippen molar-refractivity contribution in [3.63, 3.8) is 0 Å². The van der Waals surface area contributed by atoms with Gasteiger partial charge in [-0.25, -0.2) is 4.79 Å². The molecule has 104 valence electrons. The molecule has 0 atom stereocenters. The fraction of sp³-hybridized carbons (Fsp3) is 0.308. The van der Waals surface area contributed by atoms with E-state index in [2.05, 4.69) is 0 Å². The van der Waals surface area contributed by atoms with Crippen LogP contribution in [-0.2, 0) is 6.54 Å². The van der Waals surface area contributed by atoms with Crippen LogP contribution in [0, 0.1) is 6.92 Å². The van der Waals surface area contributed by atoms with Crippen molar-refractivity contribution in [2.45, 2.75) is 13.5 Å². The topological polar surface area (TPSA) is 73.9 Å². The maximum atomic E-state index is 11.4. The number of nitrogens with zero attached hydrogens (tertiary/aromatic N) is 1. The van der Waals surface area contributed by atoms with E-state index in [1.807, 2.05) is 19.0 Å². The highest BCUT2D eigenvalue weighted by atomic mass is 35.5. The summed E-state index contributed by atoms with van der Waals surface area (Å²) < 4.78 is 5.16. The Morgan fingerprint density at radius 2 is 1.89 bits per heavy atom. The van der Waals surface area contributed by atoms with Crippen LogP contribution in [0.15, 0.2) is 21.3 Å². The summed E-state index contributed by atoms with van der Waals surface area (Å²) in [7, 11) is 3.65. The van der Waals surface area contributed by atoms with Gasteiger partial charge < -0.3 is 19.5 Å². The summed E-state index contributed by atoms with van der Waals surface area (Å²) in [5.41, 5.74) is 0.974. The number of hydrogen-bond acceptors (Lipinski definition) is 5. The number of aromatic hydroxyl groups is 2. The quantitative estimate of drug-likeness (QED) is 0.652. The monoisotopic (exact) mass is 285 g/mol. The number of benzene rings is 1. The van der Waals surface area contributed by atoms with Crippen LogP contribution in [0.5, 0.6) is 11.5 Å². The van der Waals surface area contributed by atoms with Gasteiger partial charge in [-0.05, 0) is 32.6 Å². The lowest BCUT2D eigenvalue weighted by molar-refractivity contribution is 0.366. The Balaban J connectivity index is 0.00000180. The Labute approximate surface area is 116 Å². The van der Waals surface area contributed by atoms with Gasteiger partial charge in [-0.3, -0.25) is 0 Å². The number of rotatable bonds is 2. The molecule has 2 aromatic rings. The number of hydrogen-bond donors (Lipinski definition) is 2. The average molecular weight is 286 g/mol. The van der Waals surface area contributed by atoms with Gasteiger partial charge in [0.15, 0.2) is 11.5 Å². The summed E-state index contributed by atoms with van der Waals surface area (Å²) in [6.45, 7) is 2.12. The number of phenolic OH excluding ortho intramolecular Hbond substituents is 2. The van der Waals surface area contributed by atoms with Gasteiger partial charge in [0.2, 0.25) is 0 Å². The molecule has 1 aromatic carbocycles. The predicted octanol–water partition coefficient (Wildman–Crippen LogP) is 2.00. The molecule has 1 heterocycles. The highest BCUT2D eigenvalue weighted by Gasteiger charge is 2.16. The average Bonchev–Trinajstić information content (AvgIpc) is 2.26. The molecule has 6 heteroatoms. The molecule has 0 spiro atoms. The molecule has 2 N–H and O–H groups in total. The first kappa shape index (κ1) is 15.3. The van der Waals surface area contributed by atoms with Crippen molar-refractivity contribution in [3.8, 4) is 11.5 Å². The van der Waals surface area contributed by atoms with Gasteiger partial charge in [0.05, 0.1) is 5.56 Å². The largest absolute Gasteiger partial charge is 0.504 e. The molecule has 2 rings (SSSR count). The van der Waals surface area contributed by atoms with Gasteiger partial charge in [0, 0.05) is 18.0 Å². The third-order valence-electron chi connectivity index (χ3n) is 2.76. The predicted molar refractivity (Wildman–Crippen MR) is 75.2 cm³/mol. The number of halogens is 1. The van der Waals surface area contributed by atoms with Crippen LogP contribution in [0.4, 0.5) is 0 Å². The van der Waals surface area contributed by atoms with Crippen LogP contribution >= 0.6 is 12.4 Å². The lowest BCUT2D eigenvalue weighted by Crippen LogP contribution is -2.12. The van der Waals surface area contributed by atoms with Crippen molar-refractivity contribution in [3.05, 3.63) is 33.7 Å². The molecule has 0 unspecified atom stereocenters. The zero-order valence-corrected chi connectivity index (χ0v) is 11.7. The van der Waals surface area contributed by atoms with Gasteiger partial charge in [-0.2, -0.15) is 0 Å². The highest BCUT2D eigenvalue weighted by molar-refractivity contribution is 5.87. The summed E-state index contributed by atoms with van der Waals surface area (Å²) in [6.07, 6.45) is 0. The molecule has 0 aliphatic heterocycles. The van der Waals surface area contributed by atoms with Crippen LogP contribution in [-0.4, -0.2) is 29.2 Å². The first-order valence-electron chi connectivity index (χ1n) is 5.53. The first-order valence-corrected chi connectivity index (χ1v) is 5.53. The minimum Gasteiger partial charge on any atom is -0.504 e. The molecular weight excluding hydrogens is 270 g/mol. The van der Waals surface area contributed by atoms with Crippen LogP contribution in [0.25, 0.3) is 11.0 Å². The Morgan fingerprint density at radius 3 is 2.47 bits per heavy atom. The Hall–Kier alpha value is -1.72. The number of fused-ring (bicyclic) bond motifs is 1. The number of aryl methyl sites for hydroxylation is 1. The zero-order valence-electron chi connectivity index (χ0n) is 10.9. The molecule has 0 aliphatic carbocycles. The van der Waals surface area contributed by atoms with Crippen molar-refractivity contribution in [2.24, 2.45) is 0 Å². The second kappa shape index (κ2) is 5.50. The molecule has 5 nitrogen and oxygen atoms in total. The Bertz CT molecular complexity index is 664. The maximum Gasteiger partial charge on any atom is 0.336 e. The summed E-state index contributed by atoms with van der Waals surface area (Å²) in [5, 5.41) is 20.2. The van der Waals surface area contributed by atoms with E-state index in [4.69, 9.17) is 4.42 Å². The van der Waals surface area contributed by atoms with Crippen molar-refractivity contribution in [1.82, 2.24) is 4.90 Å². The fourth-order valence-electron chi connectivity index (χ4n) is 1.95. The van der Waals surface area contributed by atoms with Crippen LogP contribution in [0.1, 0.15) is 11.1 Å². The maximum absolute atomic E-state index is 11.4. The highest BCUT2D eigenvalue weighted by Crippen LogP contribution is 2.36. The van der Waals surface area contributed by atoms with Gasteiger partial charge in [-0.15, -0.1) is 12.4 Å². The summed E-state index contributed by atoms with van der Waals surface area (Å²) in [5.74, 6) is -0.457. The van der Waals surface area contributed by atoms with E-state index >= 15 is 0 Å². The van der Waals surface area contributed by atoms with Crippen LogP contribution in [0.3, 0.4) is 0 Å². The SMILES string of the molecule is Cc1cc(=O)oc2c(CN(C)C)c(O)c(O)cc12.Cl. The molecule has 0 amide bonds. The smallest absolute Gasteiger partial charge is 0.336 e. The normalized spacial score (nSPS) is 10.7. The standard InChI is InChI=1S/C13H15NO4.ClH/c1-7-4-11(16)18-13-8(7)5-10(15)12(17)9(13)6-14(2)3;/h4-5,15,17H,6H2,1-3H3;1H. The van der Waals surface area contributed by atoms with E-state index < -0.39 is 5.63 Å². The van der Waals surface area contributed by atoms with Gasteiger partial charge >= 0.3 is 5.63 Å². The zero-order chi connectivity index (χ0) is 13.4. The molecule has 19 heavy (non-hydrogen) atoms. The molecule has 0 fully saturated rings. The molecule has 0 aliphatic rings. The van der Waals surface area contributed by atoms with Gasteiger partial charge in [0.25, 0.3) is 0 Å². The van der Waals surface area contributed by atoms with Crippen molar-refractivity contribution < 1.29 is 14.6 Å². The van der Waals surface area contributed by atoms with Crippen LogP contribution in [0.2, 0.25) is 0 Å². The van der Waals surface area contributed by atoms with Gasteiger partial charge in [0.1, 0.15) is 5.58 Å². The molecule has 0 saturated heterocycles. The summed E-state index contributed by atoms with van der Waals surface area (Å²) >= 11 is 0. The fourth-order valence-corrected chi connectivity index (χ4v) is 1.95. The van der Waals surface area contributed by atoms with Crippen molar-refractivity contribution >= 4 is 23.4 Å². The lowest BCUT2D eigenvalue weighted by atomic mass is 10.0. The third kappa shape index (κ3) is 2.83. The van der Waals surface area contributed by atoms with Crippen LogP contribution < -0.4 is 5.63 Å². The number of phenols is 2. The minimum absolute atomic E-state index is 0. The molecular formula is C13H16ClNO4. The molecule has 0 bridgehead atoms. The molecule has 1 aromatic heterocycles. The first-order chi connectivity index (χ1) is 8.40. The Kier molecular flexibility index (Phi) is 4.44. The van der Waals surface area contributed by atoms with Gasteiger partial charge in [-0.1, -0.05) is 0 Å². The lowest BCUT2D eigenvalue weighted by Gasteiger charge is -2.14. The van der Waals surface area contributed by atoms with Crippen molar-refractivity contribution in [2.75, 3.05) is 14.1 Å². The van der Waals surface area contributed by atoms with E-state index in [0.717, 1.165) is 0 Å². The second-order valence-corrected chi connectivity index (χ2v) is 4.59. The second-order valence-electron chi connectivity index (χ2n) is 4.59. The van der Waals surface area contributed by atoms with Crippen molar-refractivity contribution in [1.29, 1.82) is 0 Å².